The van der Waals surface area contributed by atoms with Crippen LogP contribution in [0.1, 0.15) is 0 Å². The zero-order chi connectivity index (χ0) is 46.6. The minimum atomic E-state index is 0.637. The lowest BCUT2D eigenvalue weighted by molar-refractivity contribution is 1.01. The lowest BCUT2D eigenvalue weighted by Crippen LogP contribution is -2.04. The third-order valence-corrected chi connectivity index (χ3v) is 14.6. The summed E-state index contributed by atoms with van der Waals surface area (Å²) in [6.07, 6.45) is 0. The van der Waals surface area contributed by atoms with Gasteiger partial charge in [-0.05, 0) is 99.8 Å². The number of rotatable bonds is 6. The van der Waals surface area contributed by atoms with Crippen molar-refractivity contribution < 1.29 is 0 Å². The first-order chi connectivity index (χ1) is 35.2. The van der Waals surface area contributed by atoms with E-state index >= 15 is 0 Å². The maximum absolute atomic E-state index is 5.53. The van der Waals surface area contributed by atoms with Crippen LogP contribution in [0.15, 0.2) is 249 Å². The van der Waals surface area contributed by atoms with E-state index in [1.807, 2.05) is 0 Å². The first kappa shape index (κ1) is 39.4. The van der Waals surface area contributed by atoms with E-state index in [1.165, 1.54) is 54.7 Å². The Bertz CT molecular complexity index is 4570. The number of nitrogens with zero attached hydrogens (tertiary/aromatic N) is 5. The third-order valence-electron chi connectivity index (χ3n) is 14.6. The Morgan fingerprint density at radius 3 is 1.44 bits per heavy atom. The van der Waals surface area contributed by atoms with Crippen molar-refractivity contribution in [1.29, 1.82) is 0 Å². The Kier molecular flexibility index (Phi) is 8.59. The monoisotopic (exact) mass is 903 g/mol. The van der Waals surface area contributed by atoms with Crippen molar-refractivity contribution in [3.05, 3.63) is 249 Å². The molecule has 0 saturated heterocycles. The molecule has 0 saturated carbocycles. The zero-order valence-corrected chi connectivity index (χ0v) is 38.4. The Morgan fingerprint density at radius 2 is 0.775 bits per heavy atom. The van der Waals surface area contributed by atoms with Gasteiger partial charge in [-0.2, -0.15) is 0 Å². The van der Waals surface area contributed by atoms with Gasteiger partial charge in [0.25, 0.3) is 0 Å². The normalized spacial score (nSPS) is 11.9. The van der Waals surface area contributed by atoms with Gasteiger partial charge in [0.2, 0.25) is 5.95 Å². The molecule has 4 aromatic heterocycles. The maximum Gasteiger partial charge on any atom is 0.235 e. The highest BCUT2D eigenvalue weighted by Gasteiger charge is 2.23. The molecule has 0 atom stereocenters. The Hall–Kier alpha value is -9.58. The van der Waals surface area contributed by atoms with Gasteiger partial charge in [-0.25, -0.2) is 9.97 Å². The van der Waals surface area contributed by atoms with Gasteiger partial charge in [0.15, 0.2) is 0 Å². The number of hydrogen-bond acceptors (Lipinski definition) is 2. The Balaban J connectivity index is 0.983. The Morgan fingerprint density at radius 1 is 0.268 bits per heavy atom. The van der Waals surface area contributed by atoms with Crippen LogP contribution < -0.4 is 0 Å². The highest BCUT2D eigenvalue weighted by Crippen LogP contribution is 2.44. The smallest absolute Gasteiger partial charge is 0.235 e. The van der Waals surface area contributed by atoms with Crippen LogP contribution in [-0.4, -0.2) is 23.7 Å². The predicted octanol–water partition coefficient (Wildman–Crippen LogP) is 17.1. The lowest BCUT2D eigenvalue weighted by atomic mass is 9.98. The van der Waals surface area contributed by atoms with Crippen LogP contribution in [0, 0.1) is 0 Å². The van der Waals surface area contributed by atoms with Crippen molar-refractivity contribution in [2.45, 2.75) is 0 Å². The van der Waals surface area contributed by atoms with Gasteiger partial charge in [0.1, 0.15) is 0 Å². The zero-order valence-electron chi connectivity index (χ0n) is 38.4. The van der Waals surface area contributed by atoms with E-state index in [9.17, 15) is 0 Å². The molecular weight excluding hydrogens is 863 g/mol. The van der Waals surface area contributed by atoms with E-state index < -0.39 is 0 Å². The van der Waals surface area contributed by atoms with Crippen LogP contribution in [0.4, 0.5) is 0 Å². The Labute approximate surface area is 408 Å². The van der Waals surface area contributed by atoms with E-state index in [0.29, 0.717) is 5.95 Å². The van der Waals surface area contributed by atoms with Gasteiger partial charge in [-0.1, -0.05) is 182 Å². The third kappa shape index (κ3) is 6.00. The van der Waals surface area contributed by atoms with E-state index in [2.05, 4.69) is 262 Å². The average Bonchev–Trinajstić information content (AvgIpc) is 4.08. The first-order valence-corrected chi connectivity index (χ1v) is 24.2. The summed E-state index contributed by atoms with van der Waals surface area (Å²) in [5.74, 6) is 0.637. The molecule has 0 spiro atoms. The van der Waals surface area contributed by atoms with Crippen molar-refractivity contribution >= 4 is 87.1 Å². The highest BCUT2D eigenvalue weighted by molar-refractivity contribution is 6.29. The molecule has 0 unspecified atom stereocenters. The minimum absolute atomic E-state index is 0.637. The molecule has 0 radical (unpaired) electrons. The van der Waals surface area contributed by atoms with E-state index in [4.69, 9.17) is 9.97 Å². The molecule has 71 heavy (non-hydrogen) atoms. The van der Waals surface area contributed by atoms with Crippen LogP contribution in [0.25, 0.3) is 138 Å². The van der Waals surface area contributed by atoms with Crippen LogP contribution in [-0.2, 0) is 0 Å². The molecule has 0 aliphatic rings. The van der Waals surface area contributed by atoms with Crippen molar-refractivity contribution in [2.24, 2.45) is 0 Å². The van der Waals surface area contributed by atoms with Gasteiger partial charge in [0.05, 0.1) is 44.3 Å². The fourth-order valence-electron chi connectivity index (χ4n) is 11.5. The fourth-order valence-corrected chi connectivity index (χ4v) is 11.5. The molecule has 0 amide bonds. The SMILES string of the molecule is c1ccc(-c2cc(-c3ccccc3)cc(-n3c4ccccc4c4c5c6ccccc6n(-c6ccc7c8ccccc8n(-c8nc(-c9cccc%10ccccc9%10)c9ccccc9n8)c7c6)c5ccc43)c2)cc1. The van der Waals surface area contributed by atoms with Crippen molar-refractivity contribution in [3.63, 3.8) is 0 Å². The topological polar surface area (TPSA) is 40.6 Å². The summed E-state index contributed by atoms with van der Waals surface area (Å²) in [6, 6.07) is 89.9. The number of fused-ring (bicyclic) bond motifs is 12. The van der Waals surface area contributed by atoms with Gasteiger partial charge in [-0.3, -0.25) is 4.57 Å². The number of hydrogen-bond donors (Lipinski definition) is 0. The molecule has 15 aromatic rings. The van der Waals surface area contributed by atoms with Crippen molar-refractivity contribution in [1.82, 2.24) is 23.7 Å². The summed E-state index contributed by atoms with van der Waals surface area (Å²) in [4.78, 5) is 10.9. The second-order valence-corrected chi connectivity index (χ2v) is 18.5. The van der Waals surface area contributed by atoms with Crippen LogP contribution in [0.5, 0.6) is 0 Å². The van der Waals surface area contributed by atoms with Crippen molar-refractivity contribution in [3.8, 4) is 50.8 Å². The molecule has 0 bridgehead atoms. The van der Waals surface area contributed by atoms with Gasteiger partial charge >= 0.3 is 0 Å². The lowest BCUT2D eigenvalue weighted by Gasteiger charge is -2.14. The molecule has 0 fully saturated rings. The molecule has 0 aliphatic heterocycles. The van der Waals surface area contributed by atoms with Crippen LogP contribution >= 0.6 is 0 Å². The highest BCUT2D eigenvalue weighted by atomic mass is 15.2. The molecule has 15 rings (SSSR count). The molecule has 5 nitrogen and oxygen atoms in total. The first-order valence-electron chi connectivity index (χ1n) is 24.2. The summed E-state index contributed by atoms with van der Waals surface area (Å²) >= 11 is 0. The molecule has 0 N–H and O–H groups in total. The molecule has 0 aliphatic carbocycles. The number of benzene rings is 11. The van der Waals surface area contributed by atoms with E-state index in [0.717, 1.165) is 77.3 Å². The van der Waals surface area contributed by atoms with E-state index in [-0.39, 0.29) is 0 Å². The number of aromatic nitrogens is 5. The summed E-state index contributed by atoms with van der Waals surface area (Å²) < 4.78 is 7.18. The van der Waals surface area contributed by atoms with Crippen LogP contribution in [0.2, 0.25) is 0 Å². The molecule has 5 heteroatoms. The van der Waals surface area contributed by atoms with Gasteiger partial charge in [-0.15, -0.1) is 0 Å². The van der Waals surface area contributed by atoms with E-state index in [1.54, 1.807) is 0 Å². The average molecular weight is 904 g/mol. The standard InChI is InChI=1S/C66H41N5/c1-3-18-42(19-4-1)45-38-46(43-20-5-2-6-21-43)40-48(39-45)70-59-33-16-12-28-55(59)64-61(70)37-36-60-63(64)54-27-11-15-32-58(54)69(60)47-34-35-51-50-25-10-14-31-57(50)71(62(51)41-47)66-67-56-30-13-9-26-53(56)65(68-66)52-29-17-23-44-22-7-8-24-49(44)52/h1-41H. The molecule has 330 valence electrons. The van der Waals surface area contributed by atoms with Gasteiger partial charge in [0, 0.05) is 54.6 Å². The number of para-hydroxylation sites is 4. The summed E-state index contributed by atoms with van der Waals surface area (Å²) in [6.45, 7) is 0. The van der Waals surface area contributed by atoms with Crippen molar-refractivity contribution in [2.75, 3.05) is 0 Å². The fraction of sp³-hybridized carbons (Fsp3) is 0. The summed E-state index contributed by atoms with van der Waals surface area (Å²) in [5, 5.41) is 10.5. The summed E-state index contributed by atoms with van der Waals surface area (Å²) in [7, 11) is 0. The predicted molar refractivity (Wildman–Crippen MR) is 296 cm³/mol. The molecular formula is C66H41N5. The maximum atomic E-state index is 5.53. The summed E-state index contributed by atoms with van der Waals surface area (Å²) in [5.41, 5.74) is 16.5. The second-order valence-electron chi connectivity index (χ2n) is 18.5. The minimum Gasteiger partial charge on any atom is -0.309 e. The van der Waals surface area contributed by atoms with Crippen LogP contribution in [0.3, 0.4) is 0 Å². The molecule has 4 heterocycles. The quantitative estimate of drug-likeness (QED) is 0.167. The van der Waals surface area contributed by atoms with Gasteiger partial charge < -0.3 is 9.13 Å². The second kappa shape index (κ2) is 15.5. The largest absolute Gasteiger partial charge is 0.309 e. The molecule has 11 aromatic carbocycles.